The van der Waals surface area contributed by atoms with E-state index in [1.165, 1.54) is 32.1 Å². The first-order valence-electron chi connectivity index (χ1n) is 8.47. The van der Waals surface area contributed by atoms with E-state index in [0.29, 0.717) is 11.5 Å². The Hall–Kier alpha value is -0.570. The molecular formula is C17H32N2O. The van der Waals surface area contributed by atoms with Gasteiger partial charge in [-0.15, -0.1) is 0 Å². The minimum absolute atomic E-state index is 0.128. The van der Waals surface area contributed by atoms with Crippen molar-refractivity contribution in [2.24, 2.45) is 17.1 Å². The van der Waals surface area contributed by atoms with Crippen LogP contribution in [0.3, 0.4) is 0 Å². The molecule has 0 aliphatic heterocycles. The molecule has 2 aliphatic carbocycles. The fourth-order valence-corrected chi connectivity index (χ4v) is 4.10. The summed E-state index contributed by atoms with van der Waals surface area (Å²) in [4.78, 5) is 12.0. The predicted octanol–water partition coefficient (Wildman–Crippen LogP) is 3.37. The van der Waals surface area contributed by atoms with Gasteiger partial charge in [-0.05, 0) is 49.9 Å². The summed E-state index contributed by atoms with van der Waals surface area (Å²) in [6.07, 6.45) is 10.3. The molecule has 2 fully saturated rings. The van der Waals surface area contributed by atoms with Crippen LogP contribution in [0.5, 0.6) is 0 Å². The largest absolute Gasteiger partial charge is 0.368 e. The molecule has 1 amide bonds. The lowest BCUT2D eigenvalue weighted by Gasteiger charge is -2.45. The van der Waals surface area contributed by atoms with Gasteiger partial charge in [0.25, 0.3) is 0 Å². The number of rotatable bonds is 5. The quantitative estimate of drug-likeness (QED) is 0.811. The van der Waals surface area contributed by atoms with Gasteiger partial charge in [-0.25, -0.2) is 0 Å². The van der Waals surface area contributed by atoms with E-state index in [4.69, 9.17) is 5.73 Å². The predicted molar refractivity (Wildman–Crippen MR) is 83.3 cm³/mol. The van der Waals surface area contributed by atoms with Crippen molar-refractivity contribution in [2.45, 2.75) is 90.1 Å². The third-order valence-corrected chi connectivity index (χ3v) is 6.16. The van der Waals surface area contributed by atoms with E-state index < -0.39 is 5.54 Å². The third kappa shape index (κ3) is 3.19. The summed E-state index contributed by atoms with van der Waals surface area (Å²) in [7, 11) is 0. The van der Waals surface area contributed by atoms with Crippen LogP contribution in [0.1, 0.15) is 78.6 Å². The van der Waals surface area contributed by atoms with Crippen LogP contribution >= 0.6 is 0 Å². The minimum Gasteiger partial charge on any atom is -0.368 e. The molecule has 0 saturated heterocycles. The van der Waals surface area contributed by atoms with Crippen molar-refractivity contribution < 1.29 is 4.79 Å². The second-order valence-corrected chi connectivity index (χ2v) is 7.69. The normalized spacial score (nSPS) is 32.5. The van der Waals surface area contributed by atoms with Gasteiger partial charge >= 0.3 is 0 Å². The second kappa shape index (κ2) is 6.05. The lowest BCUT2D eigenvalue weighted by molar-refractivity contribution is -0.127. The zero-order chi connectivity index (χ0) is 14.8. The number of hydrogen-bond donors (Lipinski definition) is 2. The van der Waals surface area contributed by atoms with E-state index in [1.807, 2.05) is 0 Å². The van der Waals surface area contributed by atoms with Gasteiger partial charge in [-0.3, -0.25) is 4.79 Å². The first-order chi connectivity index (χ1) is 9.39. The lowest BCUT2D eigenvalue weighted by atomic mass is 9.65. The van der Waals surface area contributed by atoms with Crippen LogP contribution in [0.2, 0.25) is 0 Å². The van der Waals surface area contributed by atoms with E-state index in [2.05, 4.69) is 26.1 Å². The van der Waals surface area contributed by atoms with Gasteiger partial charge in [-0.2, -0.15) is 0 Å². The van der Waals surface area contributed by atoms with Gasteiger partial charge in [0.2, 0.25) is 5.91 Å². The Balaban J connectivity index is 2.00. The average molecular weight is 280 g/mol. The maximum atomic E-state index is 12.0. The molecule has 0 aromatic carbocycles. The molecule has 0 atom stereocenters. The van der Waals surface area contributed by atoms with Crippen molar-refractivity contribution in [1.29, 1.82) is 0 Å². The molecule has 3 N–H and O–H groups in total. The maximum Gasteiger partial charge on any atom is 0.237 e. The first kappa shape index (κ1) is 15.8. The minimum atomic E-state index is -0.421. The van der Waals surface area contributed by atoms with Crippen molar-refractivity contribution in [2.75, 3.05) is 0 Å². The van der Waals surface area contributed by atoms with Crippen molar-refractivity contribution >= 4 is 5.91 Å². The monoisotopic (exact) mass is 280 g/mol. The average Bonchev–Trinajstić information content (AvgIpc) is 2.92. The van der Waals surface area contributed by atoms with Crippen LogP contribution in [-0.4, -0.2) is 17.5 Å². The molecule has 2 rings (SSSR count). The summed E-state index contributed by atoms with van der Waals surface area (Å²) in [5, 5.41) is 3.65. The summed E-state index contributed by atoms with van der Waals surface area (Å²) < 4.78 is 0. The molecular weight excluding hydrogens is 248 g/mol. The molecule has 0 unspecified atom stereocenters. The molecule has 0 aromatic heterocycles. The third-order valence-electron chi connectivity index (χ3n) is 6.16. The summed E-state index contributed by atoms with van der Waals surface area (Å²) in [5.74, 6) is 0.600. The van der Waals surface area contributed by atoms with Crippen molar-refractivity contribution in [1.82, 2.24) is 5.32 Å². The lowest BCUT2D eigenvalue weighted by Crippen LogP contribution is -2.60. The summed E-state index contributed by atoms with van der Waals surface area (Å²) >= 11 is 0. The zero-order valence-electron chi connectivity index (χ0n) is 13.5. The standard InChI is InChI=1S/C17H32N2O/c1-4-16(2,3)13-9-11-17(12-10-13,15(18)20)19-14-7-5-6-8-14/h13-14,19H,4-12H2,1-3H3,(H2,18,20). The number of nitrogens with one attached hydrogen (secondary N) is 1. The topological polar surface area (TPSA) is 55.1 Å². The highest BCUT2D eigenvalue weighted by atomic mass is 16.1. The molecule has 116 valence electrons. The Bertz CT molecular complexity index is 337. The molecule has 0 heterocycles. The molecule has 0 spiro atoms. The molecule has 3 nitrogen and oxygen atoms in total. The smallest absolute Gasteiger partial charge is 0.237 e. The number of primary amides is 1. The number of carbonyl (C=O) groups excluding carboxylic acids is 1. The van der Waals surface area contributed by atoms with Gasteiger partial charge in [-0.1, -0.05) is 40.0 Å². The fraction of sp³-hybridized carbons (Fsp3) is 0.941. The Kier molecular flexibility index (Phi) is 4.78. The molecule has 0 radical (unpaired) electrons. The van der Waals surface area contributed by atoms with Gasteiger partial charge < -0.3 is 11.1 Å². The molecule has 3 heteroatoms. The maximum absolute atomic E-state index is 12.0. The van der Waals surface area contributed by atoms with E-state index in [1.54, 1.807) is 0 Å². The number of carbonyl (C=O) groups is 1. The van der Waals surface area contributed by atoms with Gasteiger partial charge in [0, 0.05) is 6.04 Å². The van der Waals surface area contributed by atoms with Crippen LogP contribution in [0, 0.1) is 11.3 Å². The van der Waals surface area contributed by atoms with E-state index in [9.17, 15) is 4.79 Å². The molecule has 20 heavy (non-hydrogen) atoms. The van der Waals surface area contributed by atoms with Crippen molar-refractivity contribution in [3.8, 4) is 0 Å². The Morgan fingerprint density at radius 3 is 2.20 bits per heavy atom. The van der Waals surface area contributed by atoms with E-state index >= 15 is 0 Å². The Morgan fingerprint density at radius 1 is 1.20 bits per heavy atom. The first-order valence-corrected chi connectivity index (χ1v) is 8.47. The van der Waals surface area contributed by atoms with E-state index in [0.717, 1.165) is 31.6 Å². The highest BCUT2D eigenvalue weighted by Gasteiger charge is 2.44. The fourth-order valence-electron chi connectivity index (χ4n) is 4.10. The van der Waals surface area contributed by atoms with Crippen LogP contribution in [0.25, 0.3) is 0 Å². The van der Waals surface area contributed by atoms with Gasteiger partial charge in [0.1, 0.15) is 0 Å². The van der Waals surface area contributed by atoms with E-state index in [-0.39, 0.29) is 5.91 Å². The highest BCUT2D eigenvalue weighted by molar-refractivity contribution is 5.84. The summed E-state index contributed by atoms with van der Waals surface area (Å²) in [5.41, 5.74) is 5.73. The second-order valence-electron chi connectivity index (χ2n) is 7.69. The van der Waals surface area contributed by atoms with Gasteiger partial charge in [0.15, 0.2) is 0 Å². The Morgan fingerprint density at radius 2 is 1.75 bits per heavy atom. The summed E-state index contributed by atoms with van der Waals surface area (Å²) in [6.45, 7) is 6.99. The van der Waals surface area contributed by atoms with Crippen LogP contribution in [-0.2, 0) is 4.79 Å². The molecule has 2 aliphatic rings. The van der Waals surface area contributed by atoms with Crippen molar-refractivity contribution in [3.63, 3.8) is 0 Å². The number of amides is 1. The van der Waals surface area contributed by atoms with Crippen LogP contribution < -0.4 is 11.1 Å². The molecule has 0 aromatic rings. The molecule has 0 bridgehead atoms. The Labute approximate surface area is 124 Å². The van der Waals surface area contributed by atoms with Crippen LogP contribution in [0.15, 0.2) is 0 Å². The summed E-state index contributed by atoms with van der Waals surface area (Å²) in [6, 6.07) is 0.512. The van der Waals surface area contributed by atoms with Crippen molar-refractivity contribution in [3.05, 3.63) is 0 Å². The molecule has 2 saturated carbocycles. The van der Waals surface area contributed by atoms with Crippen LogP contribution in [0.4, 0.5) is 0 Å². The number of hydrogen-bond acceptors (Lipinski definition) is 2. The SMILES string of the molecule is CCC(C)(C)C1CCC(NC2CCCC2)(C(N)=O)CC1. The highest BCUT2D eigenvalue weighted by Crippen LogP contribution is 2.43. The zero-order valence-corrected chi connectivity index (χ0v) is 13.5. The van der Waals surface area contributed by atoms with Gasteiger partial charge in [0.05, 0.1) is 5.54 Å². The number of nitrogens with two attached hydrogens (primary N) is 1.